The van der Waals surface area contributed by atoms with Crippen molar-refractivity contribution in [2.75, 3.05) is 6.16 Å². The first-order chi connectivity index (χ1) is 9.27. The maximum Gasteiger partial charge on any atom is 0.303 e. The molecular weight excluding hydrogens is 255 g/mol. The number of hydrogen-bond donors (Lipinski definition) is 1. The molecule has 0 atom stereocenters. The first-order valence-corrected chi connectivity index (χ1v) is 9.91. The summed E-state index contributed by atoms with van der Waals surface area (Å²) in [5, 5.41) is 8.85. The first-order valence-electron chi connectivity index (χ1n) is 8.25. The lowest BCUT2D eigenvalue weighted by molar-refractivity contribution is -0.137. The summed E-state index contributed by atoms with van der Waals surface area (Å²) >= 11 is 0. The van der Waals surface area contributed by atoms with Gasteiger partial charge >= 0.3 is 5.97 Å². The van der Waals surface area contributed by atoms with Crippen molar-refractivity contribution in [3.63, 3.8) is 0 Å². The Hall–Kier alpha value is -0.100. The highest BCUT2D eigenvalue weighted by atomic mass is 31.1. The third kappa shape index (κ3) is 5.06. The Kier molecular flexibility index (Phi) is 6.64. The predicted octanol–water partition coefficient (Wildman–Crippen LogP) is 5.00. The molecule has 2 aliphatic carbocycles. The van der Waals surface area contributed by atoms with Gasteiger partial charge in [-0.05, 0) is 49.6 Å². The normalized spacial score (nSPS) is 22.8. The van der Waals surface area contributed by atoms with Crippen LogP contribution in [0.1, 0.15) is 77.0 Å². The van der Waals surface area contributed by atoms with E-state index in [9.17, 15) is 4.79 Å². The molecule has 0 aromatic rings. The lowest BCUT2D eigenvalue weighted by Crippen LogP contribution is -2.22. The highest BCUT2D eigenvalue weighted by Gasteiger charge is 2.30. The second-order valence-corrected chi connectivity index (χ2v) is 9.26. The van der Waals surface area contributed by atoms with E-state index in [1.54, 1.807) is 0 Å². The van der Waals surface area contributed by atoms with Crippen LogP contribution in [0.15, 0.2) is 0 Å². The van der Waals surface area contributed by atoms with Crippen LogP contribution in [0.3, 0.4) is 0 Å². The van der Waals surface area contributed by atoms with Gasteiger partial charge in [0.25, 0.3) is 0 Å². The Balaban J connectivity index is 1.88. The first kappa shape index (κ1) is 15.3. The zero-order valence-electron chi connectivity index (χ0n) is 12.1. The van der Waals surface area contributed by atoms with Gasteiger partial charge in [-0.2, -0.15) is 0 Å². The zero-order chi connectivity index (χ0) is 13.5. The molecular formula is C16H29O2P. The average molecular weight is 284 g/mol. The van der Waals surface area contributed by atoms with E-state index in [2.05, 4.69) is 0 Å². The molecule has 1 N–H and O–H groups in total. The second kappa shape index (κ2) is 8.25. The smallest absolute Gasteiger partial charge is 0.303 e. The van der Waals surface area contributed by atoms with Gasteiger partial charge in [-0.15, -0.1) is 7.92 Å². The number of carboxylic acids is 1. The molecule has 2 rings (SSSR count). The van der Waals surface area contributed by atoms with Crippen LogP contribution in [0, 0.1) is 0 Å². The highest BCUT2D eigenvalue weighted by Crippen LogP contribution is 2.56. The maximum atomic E-state index is 10.7. The third-order valence-electron chi connectivity index (χ3n) is 4.89. The zero-order valence-corrected chi connectivity index (χ0v) is 13.0. The third-order valence-corrected chi connectivity index (χ3v) is 8.64. The minimum Gasteiger partial charge on any atom is -0.481 e. The molecule has 0 aliphatic heterocycles. The summed E-state index contributed by atoms with van der Waals surface area (Å²) in [7, 11) is 0.109. The minimum atomic E-state index is -0.609. The number of carbonyl (C=O) groups is 1. The predicted molar refractivity (Wildman–Crippen MR) is 82.4 cm³/mol. The second-order valence-electron chi connectivity index (χ2n) is 6.32. The molecule has 0 bridgehead atoms. The molecule has 19 heavy (non-hydrogen) atoms. The Bertz CT molecular complexity index is 250. The molecule has 2 saturated carbocycles. The van der Waals surface area contributed by atoms with Gasteiger partial charge in [-0.25, -0.2) is 0 Å². The van der Waals surface area contributed by atoms with E-state index in [0.717, 1.165) is 17.7 Å². The quantitative estimate of drug-likeness (QED) is 0.697. The minimum absolute atomic E-state index is 0.109. The molecule has 0 unspecified atom stereocenters. The van der Waals surface area contributed by atoms with E-state index >= 15 is 0 Å². The Morgan fingerprint density at radius 3 is 1.79 bits per heavy atom. The van der Waals surface area contributed by atoms with Crippen LogP contribution < -0.4 is 0 Å². The van der Waals surface area contributed by atoms with E-state index in [0.29, 0.717) is 6.42 Å². The summed E-state index contributed by atoms with van der Waals surface area (Å²) in [5.41, 5.74) is 1.95. The fourth-order valence-corrected chi connectivity index (χ4v) is 7.81. The molecule has 0 amide bonds. The van der Waals surface area contributed by atoms with Gasteiger partial charge in [0.1, 0.15) is 0 Å². The topological polar surface area (TPSA) is 37.3 Å². The van der Waals surface area contributed by atoms with E-state index < -0.39 is 5.97 Å². The molecule has 0 heterocycles. The van der Waals surface area contributed by atoms with Crippen molar-refractivity contribution >= 4 is 13.9 Å². The number of hydrogen-bond acceptors (Lipinski definition) is 1. The van der Waals surface area contributed by atoms with Gasteiger partial charge < -0.3 is 5.11 Å². The summed E-state index contributed by atoms with van der Waals surface area (Å²) in [6.45, 7) is 0. The van der Waals surface area contributed by atoms with Crippen LogP contribution in [0.2, 0.25) is 0 Å². The Morgan fingerprint density at radius 2 is 1.37 bits per heavy atom. The molecule has 110 valence electrons. The maximum absolute atomic E-state index is 10.7. The van der Waals surface area contributed by atoms with Crippen molar-refractivity contribution in [1.82, 2.24) is 0 Å². The molecule has 0 radical (unpaired) electrons. The van der Waals surface area contributed by atoms with Gasteiger partial charge in [0.2, 0.25) is 0 Å². The van der Waals surface area contributed by atoms with E-state index in [4.69, 9.17) is 5.11 Å². The summed E-state index contributed by atoms with van der Waals surface area (Å²) in [6, 6.07) is 0. The number of rotatable bonds is 6. The van der Waals surface area contributed by atoms with Gasteiger partial charge in [-0.1, -0.05) is 38.5 Å². The van der Waals surface area contributed by atoms with Crippen molar-refractivity contribution in [1.29, 1.82) is 0 Å². The summed E-state index contributed by atoms with van der Waals surface area (Å²) in [4.78, 5) is 10.7. The fraction of sp³-hybridized carbons (Fsp3) is 0.938. The van der Waals surface area contributed by atoms with Gasteiger partial charge in [0.05, 0.1) is 0 Å². The molecule has 3 heteroatoms. The van der Waals surface area contributed by atoms with Crippen molar-refractivity contribution in [2.45, 2.75) is 88.4 Å². The highest BCUT2D eigenvalue weighted by molar-refractivity contribution is 7.59. The molecule has 0 aromatic carbocycles. The van der Waals surface area contributed by atoms with E-state index in [1.165, 1.54) is 70.4 Å². The monoisotopic (exact) mass is 284 g/mol. The standard InChI is InChI=1S/C16H29O2P/c17-16(18)12-7-13-19(14-8-3-1-4-9-14)15-10-5-2-6-11-15/h14-15H,1-13H2,(H,17,18). The average Bonchev–Trinajstić information content (AvgIpc) is 2.45. The van der Waals surface area contributed by atoms with Gasteiger partial charge in [0.15, 0.2) is 0 Å². The van der Waals surface area contributed by atoms with Crippen LogP contribution >= 0.6 is 7.92 Å². The van der Waals surface area contributed by atoms with Crippen LogP contribution in [0.5, 0.6) is 0 Å². The Labute approximate surface area is 119 Å². The molecule has 0 spiro atoms. The largest absolute Gasteiger partial charge is 0.481 e. The van der Waals surface area contributed by atoms with Crippen molar-refractivity contribution < 1.29 is 9.90 Å². The molecule has 0 aromatic heterocycles. The van der Waals surface area contributed by atoms with E-state index in [-0.39, 0.29) is 7.92 Å². The summed E-state index contributed by atoms with van der Waals surface area (Å²) in [6.07, 6.45) is 16.9. The lowest BCUT2D eigenvalue weighted by Gasteiger charge is -2.38. The summed E-state index contributed by atoms with van der Waals surface area (Å²) in [5.74, 6) is -0.609. The van der Waals surface area contributed by atoms with Crippen molar-refractivity contribution in [3.05, 3.63) is 0 Å². The van der Waals surface area contributed by atoms with E-state index in [1.807, 2.05) is 0 Å². The fourth-order valence-electron chi connectivity index (χ4n) is 3.90. The van der Waals surface area contributed by atoms with Crippen LogP contribution in [0.4, 0.5) is 0 Å². The molecule has 2 aliphatic rings. The lowest BCUT2D eigenvalue weighted by atomic mass is 9.99. The van der Waals surface area contributed by atoms with Crippen molar-refractivity contribution in [2.24, 2.45) is 0 Å². The molecule has 2 nitrogen and oxygen atoms in total. The van der Waals surface area contributed by atoms with Gasteiger partial charge in [0, 0.05) is 6.42 Å². The van der Waals surface area contributed by atoms with Crippen LogP contribution in [0.25, 0.3) is 0 Å². The number of carboxylic acid groups (broad SMARTS) is 1. The van der Waals surface area contributed by atoms with Crippen LogP contribution in [-0.4, -0.2) is 28.6 Å². The Morgan fingerprint density at radius 1 is 0.895 bits per heavy atom. The van der Waals surface area contributed by atoms with Crippen LogP contribution in [-0.2, 0) is 4.79 Å². The van der Waals surface area contributed by atoms with Gasteiger partial charge in [-0.3, -0.25) is 4.79 Å². The van der Waals surface area contributed by atoms with Crippen molar-refractivity contribution in [3.8, 4) is 0 Å². The SMILES string of the molecule is O=C(O)CCCP(C1CCCCC1)C1CCCCC1. The number of aliphatic carboxylic acids is 1. The summed E-state index contributed by atoms with van der Waals surface area (Å²) < 4.78 is 0. The molecule has 2 fully saturated rings. The molecule has 0 saturated heterocycles.